The first-order chi connectivity index (χ1) is 15.4. The highest BCUT2D eigenvalue weighted by molar-refractivity contribution is 6.31. The summed E-state index contributed by atoms with van der Waals surface area (Å²) in [5.74, 6) is 0.793. The second-order valence-electron chi connectivity index (χ2n) is 7.33. The summed E-state index contributed by atoms with van der Waals surface area (Å²) in [5.41, 5.74) is 3.18. The number of nitrogens with one attached hydrogen (secondary N) is 1. The fourth-order valence-electron chi connectivity index (χ4n) is 3.08. The molecular formula is C23H21Cl2N5O2. The van der Waals surface area contributed by atoms with Crippen LogP contribution in [-0.2, 0) is 13.3 Å². The van der Waals surface area contributed by atoms with E-state index < -0.39 is 0 Å². The van der Waals surface area contributed by atoms with Crippen molar-refractivity contribution in [3.8, 4) is 5.75 Å². The maximum atomic E-state index is 12.6. The summed E-state index contributed by atoms with van der Waals surface area (Å²) in [6.07, 6.45) is 1.68. The van der Waals surface area contributed by atoms with Crippen molar-refractivity contribution in [2.75, 3.05) is 5.32 Å². The Kier molecular flexibility index (Phi) is 6.48. The Bertz CT molecular complexity index is 1250. The van der Waals surface area contributed by atoms with Gasteiger partial charge in [0, 0.05) is 28.0 Å². The number of aryl methyl sites for hydroxylation is 2. The Morgan fingerprint density at radius 3 is 2.56 bits per heavy atom. The van der Waals surface area contributed by atoms with Crippen LogP contribution < -0.4 is 10.1 Å². The summed E-state index contributed by atoms with van der Waals surface area (Å²) in [6, 6.07) is 16.4. The van der Waals surface area contributed by atoms with Gasteiger partial charge in [-0.2, -0.15) is 10.2 Å². The van der Waals surface area contributed by atoms with E-state index >= 15 is 0 Å². The van der Waals surface area contributed by atoms with Crippen LogP contribution in [0.4, 0.5) is 5.82 Å². The van der Waals surface area contributed by atoms with Crippen LogP contribution in [0.25, 0.3) is 0 Å². The first kappa shape index (κ1) is 21.9. The molecule has 0 radical (unpaired) electrons. The largest absolute Gasteiger partial charge is 0.471 e. The molecule has 0 bridgehead atoms. The van der Waals surface area contributed by atoms with Gasteiger partial charge < -0.3 is 10.1 Å². The maximum absolute atomic E-state index is 12.6. The normalized spacial score (nSPS) is 10.9. The number of hydrogen-bond donors (Lipinski definition) is 1. The maximum Gasteiger partial charge on any atom is 0.277 e. The molecule has 0 aliphatic heterocycles. The van der Waals surface area contributed by atoms with Crippen molar-refractivity contribution in [2.45, 2.75) is 27.1 Å². The van der Waals surface area contributed by atoms with Crippen LogP contribution in [0.1, 0.15) is 27.3 Å². The van der Waals surface area contributed by atoms with Gasteiger partial charge in [-0.25, -0.2) is 4.68 Å². The second-order valence-corrected chi connectivity index (χ2v) is 8.18. The van der Waals surface area contributed by atoms with E-state index in [0.29, 0.717) is 28.2 Å². The van der Waals surface area contributed by atoms with E-state index in [1.807, 2.05) is 54.9 Å². The number of halogens is 2. The minimum absolute atomic E-state index is 0.170. The van der Waals surface area contributed by atoms with Crippen molar-refractivity contribution in [1.82, 2.24) is 19.6 Å². The fourth-order valence-corrected chi connectivity index (χ4v) is 3.32. The van der Waals surface area contributed by atoms with Gasteiger partial charge in [0.15, 0.2) is 18.2 Å². The number of anilines is 1. The first-order valence-corrected chi connectivity index (χ1v) is 10.7. The molecule has 4 rings (SSSR count). The lowest BCUT2D eigenvalue weighted by molar-refractivity contribution is 0.101. The van der Waals surface area contributed by atoms with Gasteiger partial charge in [0.25, 0.3) is 5.91 Å². The van der Waals surface area contributed by atoms with E-state index in [4.69, 9.17) is 27.9 Å². The highest BCUT2D eigenvalue weighted by atomic mass is 35.5. The Balaban J connectivity index is 1.36. The third kappa shape index (κ3) is 5.30. The lowest BCUT2D eigenvalue weighted by atomic mass is 10.2. The zero-order valence-electron chi connectivity index (χ0n) is 17.5. The second kappa shape index (κ2) is 9.46. The van der Waals surface area contributed by atoms with Crippen LogP contribution in [0.2, 0.25) is 10.0 Å². The molecule has 2 aromatic heterocycles. The van der Waals surface area contributed by atoms with E-state index in [1.54, 1.807) is 29.1 Å². The molecule has 9 heteroatoms. The SMILES string of the molecule is Cc1cc(OCn2ccc(C(=O)Nc3cc(C)n(Cc4ccc(Cl)cc4)n3)n2)ccc1Cl. The molecule has 164 valence electrons. The van der Waals surface area contributed by atoms with E-state index in [0.717, 1.165) is 16.8 Å². The molecule has 1 amide bonds. The lowest BCUT2D eigenvalue weighted by Gasteiger charge is -2.07. The van der Waals surface area contributed by atoms with Crippen molar-refractivity contribution in [1.29, 1.82) is 0 Å². The van der Waals surface area contributed by atoms with Gasteiger partial charge in [0.1, 0.15) is 5.75 Å². The molecule has 7 nitrogen and oxygen atoms in total. The van der Waals surface area contributed by atoms with Gasteiger partial charge in [0.05, 0.1) is 6.54 Å². The third-order valence-corrected chi connectivity index (χ3v) is 5.51. The average Bonchev–Trinajstić information content (AvgIpc) is 3.37. The van der Waals surface area contributed by atoms with Crippen LogP contribution >= 0.6 is 23.2 Å². The number of carbonyl (C=O) groups excluding carboxylic acids is 1. The van der Waals surface area contributed by atoms with Crippen molar-refractivity contribution in [3.05, 3.63) is 93.4 Å². The van der Waals surface area contributed by atoms with Gasteiger partial charge in [0.2, 0.25) is 0 Å². The molecule has 0 saturated heterocycles. The molecule has 0 saturated carbocycles. The van der Waals surface area contributed by atoms with E-state index in [1.165, 1.54) is 0 Å². The lowest BCUT2D eigenvalue weighted by Crippen LogP contribution is -2.15. The summed E-state index contributed by atoms with van der Waals surface area (Å²) in [7, 11) is 0. The summed E-state index contributed by atoms with van der Waals surface area (Å²) < 4.78 is 9.07. The Labute approximate surface area is 195 Å². The molecule has 32 heavy (non-hydrogen) atoms. The summed E-state index contributed by atoms with van der Waals surface area (Å²) in [6.45, 7) is 4.59. The third-order valence-electron chi connectivity index (χ3n) is 4.83. The van der Waals surface area contributed by atoms with Crippen molar-refractivity contribution < 1.29 is 9.53 Å². The zero-order valence-corrected chi connectivity index (χ0v) is 19.1. The smallest absolute Gasteiger partial charge is 0.277 e. The van der Waals surface area contributed by atoms with Crippen molar-refractivity contribution in [3.63, 3.8) is 0 Å². The predicted molar refractivity (Wildman–Crippen MR) is 125 cm³/mol. The number of ether oxygens (including phenoxy) is 1. The topological polar surface area (TPSA) is 74.0 Å². The van der Waals surface area contributed by atoms with Gasteiger partial charge in [-0.15, -0.1) is 0 Å². The van der Waals surface area contributed by atoms with Gasteiger partial charge in [-0.1, -0.05) is 35.3 Å². The van der Waals surface area contributed by atoms with E-state index in [2.05, 4.69) is 15.5 Å². The highest BCUT2D eigenvalue weighted by Gasteiger charge is 2.13. The van der Waals surface area contributed by atoms with Gasteiger partial charge in [-0.05, 0) is 61.4 Å². The first-order valence-electron chi connectivity index (χ1n) is 9.90. The standard InChI is InChI=1S/C23H21Cl2N5O2/c1-15-11-19(7-8-20(15)25)32-14-29-10-9-21(27-29)23(31)26-22-12-16(2)30(28-22)13-17-3-5-18(24)6-4-17/h3-12H,13-14H2,1-2H3,(H,26,28,31). The highest BCUT2D eigenvalue weighted by Crippen LogP contribution is 2.21. The van der Waals surface area contributed by atoms with E-state index in [-0.39, 0.29) is 18.3 Å². The monoisotopic (exact) mass is 469 g/mol. The molecule has 0 atom stereocenters. The fraction of sp³-hybridized carbons (Fsp3) is 0.174. The van der Waals surface area contributed by atoms with Crippen LogP contribution in [0.15, 0.2) is 60.8 Å². The molecule has 0 aliphatic carbocycles. The predicted octanol–water partition coefficient (Wildman–Crippen LogP) is 5.34. The van der Waals surface area contributed by atoms with E-state index in [9.17, 15) is 4.79 Å². The summed E-state index contributed by atoms with van der Waals surface area (Å²) >= 11 is 12.0. The minimum atomic E-state index is -0.345. The molecule has 0 aliphatic rings. The number of carbonyl (C=O) groups is 1. The number of aromatic nitrogens is 4. The molecule has 2 aromatic carbocycles. The van der Waals surface area contributed by atoms with Crippen LogP contribution in [0, 0.1) is 13.8 Å². The quantitative estimate of drug-likeness (QED) is 0.396. The Morgan fingerprint density at radius 1 is 1.03 bits per heavy atom. The number of benzene rings is 2. The molecule has 0 fully saturated rings. The number of hydrogen-bond acceptors (Lipinski definition) is 4. The average molecular weight is 470 g/mol. The van der Waals surface area contributed by atoms with Gasteiger partial charge >= 0.3 is 0 Å². The molecule has 2 heterocycles. The molecule has 1 N–H and O–H groups in total. The van der Waals surface area contributed by atoms with Crippen LogP contribution in [0.5, 0.6) is 5.75 Å². The van der Waals surface area contributed by atoms with Crippen molar-refractivity contribution in [2.24, 2.45) is 0 Å². The number of amides is 1. The Morgan fingerprint density at radius 2 is 1.81 bits per heavy atom. The molecular weight excluding hydrogens is 449 g/mol. The van der Waals surface area contributed by atoms with Gasteiger partial charge in [-0.3, -0.25) is 9.48 Å². The number of nitrogens with zero attached hydrogens (tertiary/aromatic N) is 4. The van der Waals surface area contributed by atoms with Crippen LogP contribution in [0.3, 0.4) is 0 Å². The summed E-state index contributed by atoms with van der Waals surface area (Å²) in [4.78, 5) is 12.6. The van der Waals surface area contributed by atoms with Crippen LogP contribution in [-0.4, -0.2) is 25.5 Å². The summed E-state index contributed by atoms with van der Waals surface area (Å²) in [5, 5.41) is 12.9. The Hall–Kier alpha value is -3.29. The number of rotatable bonds is 7. The molecule has 0 spiro atoms. The molecule has 4 aromatic rings. The zero-order chi connectivity index (χ0) is 22.7. The van der Waals surface area contributed by atoms with Crippen molar-refractivity contribution >= 4 is 34.9 Å². The minimum Gasteiger partial charge on any atom is -0.471 e. The molecule has 0 unspecified atom stereocenters.